The number of nitrogens with two attached hydrogens (primary N) is 1. The van der Waals surface area contributed by atoms with Crippen LogP contribution in [-0.2, 0) is 0 Å². The molecule has 0 radical (unpaired) electrons. The SMILES string of the molecule is CC1(C)CCC(NC(=O)c2ccc(N)c(Br)c2)CC1. The zero-order valence-electron chi connectivity index (χ0n) is 11.5. The summed E-state index contributed by atoms with van der Waals surface area (Å²) in [4.78, 5) is 12.2. The van der Waals surface area contributed by atoms with E-state index in [1.807, 2.05) is 0 Å². The number of carbonyl (C=O) groups is 1. The zero-order valence-corrected chi connectivity index (χ0v) is 13.1. The van der Waals surface area contributed by atoms with E-state index < -0.39 is 0 Å². The summed E-state index contributed by atoms with van der Waals surface area (Å²) < 4.78 is 0.768. The van der Waals surface area contributed by atoms with Gasteiger partial charge in [0.25, 0.3) is 5.91 Å². The second kappa shape index (κ2) is 5.53. The third-order valence-electron chi connectivity index (χ3n) is 3.94. The van der Waals surface area contributed by atoms with E-state index in [4.69, 9.17) is 5.73 Å². The summed E-state index contributed by atoms with van der Waals surface area (Å²) in [7, 11) is 0. The van der Waals surface area contributed by atoms with E-state index >= 15 is 0 Å². The van der Waals surface area contributed by atoms with E-state index in [1.165, 1.54) is 12.8 Å². The first-order valence-corrected chi connectivity index (χ1v) is 7.53. The van der Waals surface area contributed by atoms with Crippen molar-refractivity contribution in [2.24, 2.45) is 5.41 Å². The van der Waals surface area contributed by atoms with Gasteiger partial charge in [0.05, 0.1) is 0 Å². The van der Waals surface area contributed by atoms with E-state index in [0.29, 0.717) is 22.7 Å². The van der Waals surface area contributed by atoms with Gasteiger partial charge in [0, 0.05) is 21.8 Å². The minimum atomic E-state index is -0.00888. The molecule has 3 N–H and O–H groups in total. The van der Waals surface area contributed by atoms with Gasteiger partial charge >= 0.3 is 0 Å². The molecule has 19 heavy (non-hydrogen) atoms. The van der Waals surface area contributed by atoms with Gasteiger partial charge in [-0.2, -0.15) is 0 Å². The third kappa shape index (κ3) is 3.72. The predicted octanol–water partition coefficient (Wildman–Crippen LogP) is 3.73. The van der Waals surface area contributed by atoms with Crippen LogP contribution in [0.2, 0.25) is 0 Å². The van der Waals surface area contributed by atoms with Crippen molar-refractivity contribution in [1.29, 1.82) is 0 Å². The Morgan fingerprint density at radius 3 is 2.58 bits per heavy atom. The van der Waals surface area contributed by atoms with Gasteiger partial charge in [0.2, 0.25) is 0 Å². The molecule has 3 nitrogen and oxygen atoms in total. The Bertz CT molecular complexity index is 475. The first-order valence-electron chi connectivity index (χ1n) is 6.73. The van der Waals surface area contributed by atoms with Crippen molar-refractivity contribution in [3.8, 4) is 0 Å². The number of nitrogen functional groups attached to an aromatic ring is 1. The second-order valence-corrected chi connectivity index (χ2v) is 7.00. The first kappa shape index (κ1) is 14.4. The van der Waals surface area contributed by atoms with E-state index in [-0.39, 0.29) is 5.91 Å². The molecule has 1 saturated carbocycles. The molecule has 1 aliphatic carbocycles. The molecular weight excluding hydrogens is 304 g/mol. The van der Waals surface area contributed by atoms with Crippen LogP contribution in [0, 0.1) is 5.41 Å². The summed E-state index contributed by atoms with van der Waals surface area (Å²) in [6.07, 6.45) is 4.47. The van der Waals surface area contributed by atoms with Gasteiger partial charge in [-0.25, -0.2) is 0 Å². The van der Waals surface area contributed by atoms with Gasteiger partial charge in [-0.3, -0.25) is 4.79 Å². The highest BCUT2D eigenvalue weighted by Crippen LogP contribution is 2.35. The molecule has 0 bridgehead atoms. The largest absolute Gasteiger partial charge is 0.398 e. The van der Waals surface area contributed by atoms with Gasteiger partial charge in [0.15, 0.2) is 0 Å². The Balaban J connectivity index is 1.96. The van der Waals surface area contributed by atoms with Crippen LogP contribution in [-0.4, -0.2) is 11.9 Å². The quantitative estimate of drug-likeness (QED) is 0.814. The molecule has 1 aliphatic rings. The minimum absolute atomic E-state index is 0.00888. The lowest BCUT2D eigenvalue weighted by molar-refractivity contribution is 0.0909. The van der Waals surface area contributed by atoms with Crippen LogP contribution in [0.15, 0.2) is 22.7 Å². The molecule has 2 rings (SSSR count). The van der Waals surface area contributed by atoms with Crippen molar-refractivity contribution in [1.82, 2.24) is 5.32 Å². The first-order chi connectivity index (χ1) is 8.87. The molecule has 4 heteroatoms. The number of nitrogens with one attached hydrogen (secondary N) is 1. The van der Waals surface area contributed by atoms with E-state index in [1.54, 1.807) is 18.2 Å². The van der Waals surface area contributed by atoms with Crippen molar-refractivity contribution in [2.45, 2.75) is 45.6 Å². The van der Waals surface area contributed by atoms with Crippen LogP contribution >= 0.6 is 15.9 Å². The normalized spacial score (nSPS) is 19.1. The molecule has 1 amide bonds. The molecule has 104 valence electrons. The number of halogens is 1. The highest BCUT2D eigenvalue weighted by Gasteiger charge is 2.27. The molecule has 0 atom stereocenters. The lowest BCUT2D eigenvalue weighted by atomic mass is 9.75. The Morgan fingerprint density at radius 1 is 1.37 bits per heavy atom. The summed E-state index contributed by atoms with van der Waals surface area (Å²) in [6, 6.07) is 5.60. The molecule has 0 spiro atoms. The van der Waals surface area contributed by atoms with Crippen molar-refractivity contribution >= 4 is 27.5 Å². The van der Waals surface area contributed by atoms with Gasteiger partial charge in [-0.15, -0.1) is 0 Å². The second-order valence-electron chi connectivity index (χ2n) is 6.15. The van der Waals surface area contributed by atoms with Crippen LogP contribution in [0.1, 0.15) is 49.9 Å². The predicted molar refractivity (Wildman–Crippen MR) is 82.1 cm³/mol. The van der Waals surface area contributed by atoms with Gasteiger partial charge in [-0.05, 0) is 65.2 Å². The molecule has 0 unspecified atom stereocenters. The maximum Gasteiger partial charge on any atom is 0.251 e. The fraction of sp³-hybridized carbons (Fsp3) is 0.533. The fourth-order valence-electron chi connectivity index (χ4n) is 2.48. The molecule has 1 aromatic carbocycles. The van der Waals surface area contributed by atoms with E-state index in [0.717, 1.165) is 17.3 Å². The van der Waals surface area contributed by atoms with Crippen molar-refractivity contribution in [3.63, 3.8) is 0 Å². The fourth-order valence-corrected chi connectivity index (χ4v) is 2.86. The summed E-state index contributed by atoms with van der Waals surface area (Å²) in [5.41, 5.74) is 7.45. The zero-order chi connectivity index (χ0) is 14.0. The van der Waals surface area contributed by atoms with Gasteiger partial charge in [0.1, 0.15) is 0 Å². The highest BCUT2D eigenvalue weighted by molar-refractivity contribution is 9.10. The van der Waals surface area contributed by atoms with Crippen molar-refractivity contribution < 1.29 is 4.79 Å². The molecule has 0 saturated heterocycles. The molecule has 0 aromatic heterocycles. The van der Waals surface area contributed by atoms with E-state index in [9.17, 15) is 4.79 Å². The number of rotatable bonds is 2. The molecule has 1 aromatic rings. The highest BCUT2D eigenvalue weighted by atomic mass is 79.9. The van der Waals surface area contributed by atoms with E-state index in [2.05, 4.69) is 35.1 Å². The summed E-state index contributed by atoms with van der Waals surface area (Å²) in [6.45, 7) is 4.59. The van der Waals surface area contributed by atoms with Crippen LogP contribution in [0.25, 0.3) is 0 Å². The minimum Gasteiger partial charge on any atom is -0.398 e. The van der Waals surface area contributed by atoms with Crippen LogP contribution < -0.4 is 11.1 Å². The number of hydrogen-bond acceptors (Lipinski definition) is 2. The average molecular weight is 325 g/mol. The maximum absolute atomic E-state index is 12.2. The van der Waals surface area contributed by atoms with Crippen LogP contribution in [0.4, 0.5) is 5.69 Å². The maximum atomic E-state index is 12.2. The average Bonchev–Trinajstić information content (AvgIpc) is 2.35. The van der Waals surface area contributed by atoms with Crippen molar-refractivity contribution in [3.05, 3.63) is 28.2 Å². The number of benzene rings is 1. The van der Waals surface area contributed by atoms with Gasteiger partial charge < -0.3 is 11.1 Å². The van der Waals surface area contributed by atoms with Crippen LogP contribution in [0.5, 0.6) is 0 Å². The number of amides is 1. The Morgan fingerprint density at radius 2 is 2.00 bits per heavy atom. The topological polar surface area (TPSA) is 55.1 Å². The molecule has 0 heterocycles. The molecule has 0 aliphatic heterocycles. The Labute approximate surface area is 123 Å². The number of carbonyl (C=O) groups excluding carboxylic acids is 1. The standard InChI is InChI=1S/C15H21BrN2O/c1-15(2)7-5-11(6-8-15)18-14(19)10-3-4-13(17)12(16)9-10/h3-4,9,11H,5-8,17H2,1-2H3,(H,18,19). The summed E-state index contributed by atoms with van der Waals surface area (Å²) >= 11 is 3.35. The molecular formula is C15H21BrN2O. The lowest BCUT2D eigenvalue weighted by Crippen LogP contribution is -2.39. The van der Waals surface area contributed by atoms with Crippen LogP contribution in [0.3, 0.4) is 0 Å². The Kier molecular flexibility index (Phi) is 4.19. The monoisotopic (exact) mass is 324 g/mol. The number of hydrogen-bond donors (Lipinski definition) is 2. The third-order valence-corrected chi connectivity index (χ3v) is 4.62. The lowest BCUT2D eigenvalue weighted by Gasteiger charge is -2.34. The van der Waals surface area contributed by atoms with Gasteiger partial charge in [-0.1, -0.05) is 13.8 Å². The smallest absolute Gasteiger partial charge is 0.251 e. The van der Waals surface area contributed by atoms with Crippen molar-refractivity contribution in [2.75, 3.05) is 5.73 Å². The number of anilines is 1. The molecule has 1 fully saturated rings. The summed E-state index contributed by atoms with van der Waals surface area (Å²) in [5.74, 6) is -0.00888. The summed E-state index contributed by atoms with van der Waals surface area (Å²) in [5, 5.41) is 3.12. The Hall–Kier alpha value is -1.03.